The lowest BCUT2D eigenvalue weighted by Gasteiger charge is -2.19. The smallest absolute Gasteiger partial charge is 0.208 e. The second kappa shape index (κ2) is 5.97. The monoisotopic (exact) mass is 344 g/mol. The maximum absolute atomic E-state index is 12.8. The van der Waals surface area contributed by atoms with Gasteiger partial charge in [0.1, 0.15) is 39.2 Å². The maximum atomic E-state index is 12.8. The molecule has 132 valence electrons. The van der Waals surface area contributed by atoms with Crippen LogP contribution in [0.1, 0.15) is 25.8 Å². The van der Waals surface area contributed by atoms with Crippen LogP contribution in [0.15, 0.2) is 33.5 Å². The second-order valence-corrected chi connectivity index (χ2v) is 6.67. The zero-order chi connectivity index (χ0) is 18.4. The molecular weight excluding hydrogens is 324 g/mol. The number of methoxy groups -OCH3 is 1. The van der Waals surface area contributed by atoms with E-state index in [2.05, 4.69) is 0 Å². The number of fused-ring (bicyclic) bond motifs is 2. The number of benzene rings is 2. The summed E-state index contributed by atoms with van der Waals surface area (Å²) in [4.78, 5) is 12.8. The fourth-order valence-corrected chi connectivity index (χ4v) is 2.91. The van der Waals surface area contributed by atoms with Crippen LogP contribution in [0, 0.1) is 0 Å². The number of aryl methyl sites for hydroxylation is 1. The van der Waals surface area contributed by atoms with Gasteiger partial charge in [0.2, 0.25) is 5.43 Å². The molecule has 0 aliphatic carbocycles. The third-order valence-electron chi connectivity index (χ3n) is 4.20. The molecule has 0 atom stereocenters. The minimum atomic E-state index is -0.912. The van der Waals surface area contributed by atoms with Crippen molar-refractivity contribution in [3.8, 4) is 17.2 Å². The summed E-state index contributed by atoms with van der Waals surface area (Å²) in [6.07, 6.45) is 0.793. The van der Waals surface area contributed by atoms with Gasteiger partial charge in [-0.25, -0.2) is 0 Å². The van der Waals surface area contributed by atoms with Crippen LogP contribution in [0.25, 0.3) is 21.9 Å². The van der Waals surface area contributed by atoms with Crippen molar-refractivity contribution in [1.82, 2.24) is 0 Å². The van der Waals surface area contributed by atoms with Crippen LogP contribution < -0.4 is 10.2 Å². The van der Waals surface area contributed by atoms with Crippen molar-refractivity contribution in [3.05, 3.63) is 40.1 Å². The van der Waals surface area contributed by atoms with Crippen LogP contribution in [0.2, 0.25) is 0 Å². The van der Waals surface area contributed by atoms with Gasteiger partial charge < -0.3 is 24.5 Å². The summed E-state index contributed by atoms with van der Waals surface area (Å²) in [5, 5.41) is 30.3. The van der Waals surface area contributed by atoms with Crippen molar-refractivity contribution in [2.75, 3.05) is 7.11 Å². The number of rotatable bonds is 4. The highest BCUT2D eigenvalue weighted by molar-refractivity contribution is 5.97. The van der Waals surface area contributed by atoms with Crippen LogP contribution >= 0.6 is 0 Å². The van der Waals surface area contributed by atoms with Crippen molar-refractivity contribution in [3.63, 3.8) is 0 Å². The molecule has 1 heterocycles. The predicted octanol–water partition coefficient (Wildman–Crippen LogP) is 3.07. The summed E-state index contributed by atoms with van der Waals surface area (Å²) in [6, 6.07) is 5.89. The molecule has 0 saturated carbocycles. The third kappa shape index (κ3) is 3.00. The van der Waals surface area contributed by atoms with Gasteiger partial charge in [-0.2, -0.15) is 0 Å². The molecule has 0 radical (unpaired) electrons. The first-order valence-electron chi connectivity index (χ1n) is 7.92. The minimum absolute atomic E-state index is 0.0134. The van der Waals surface area contributed by atoms with E-state index in [4.69, 9.17) is 9.15 Å². The molecule has 0 fully saturated rings. The number of hydrogen-bond donors (Lipinski definition) is 3. The molecule has 3 N–H and O–H groups in total. The molecule has 3 aromatic rings. The Labute approximate surface area is 143 Å². The summed E-state index contributed by atoms with van der Waals surface area (Å²) in [5.74, 6) is -0.115. The Morgan fingerprint density at radius 3 is 2.52 bits per heavy atom. The Morgan fingerprint density at radius 2 is 1.88 bits per heavy atom. The molecule has 0 amide bonds. The van der Waals surface area contributed by atoms with E-state index in [0.29, 0.717) is 24.2 Å². The third-order valence-corrected chi connectivity index (χ3v) is 4.20. The van der Waals surface area contributed by atoms with Gasteiger partial charge in [-0.1, -0.05) is 6.07 Å². The molecule has 6 heteroatoms. The SMILES string of the molecule is COc1cc(O)c2c(=O)c3c(O)cccc3oc2c1CCC(C)(C)O. The van der Waals surface area contributed by atoms with E-state index in [1.54, 1.807) is 26.0 Å². The van der Waals surface area contributed by atoms with Gasteiger partial charge >= 0.3 is 0 Å². The molecular formula is C19H20O6. The standard InChI is InChI=1S/C19H20O6/c1-19(2,23)8-7-10-14(24-3)9-12(21)16-17(22)15-11(20)5-4-6-13(15)25-18(10)16/h4-6,9,20-21,23H,7-8H2,1-3H3. The van der Waals surface area contributed by atoms with E-state index < -0.39 is 11.0 Å². The Hall–Kier alpha value is -2.73. The van der Waals surface area contributed by atoms with Crippen molar-refractivity contribution in [2.24, 2.45) is 0 Å². The molecule has 0 aliphatic heterocycles. The zero-order valence-electron chi connectivity index (χ0n) is 14.3. The van der Waals surface area contributed by atoms with Crippen molar-refractivity contribution in [2.45, 2.75) is 32.3 Å². The van der Waals surface area contributed by atoms with Gasteiger partial charge in [-0.15, -0.1) is 0 Å². The van der Waals surface area contributed by atoms with Crippen LogP contribution in [0.3, 0.4) is 0 Å². The van der Waals surface area contributed by atoms with Gasteiger partial charge in [0.15, 0.2) is 0 Å². The average Bonchev–Trinajstić information content (AvgIpc) is 2.52. The average molecular weight is 344 g/mol. The van der Waals surface area contributed by atoms with E-state index in [1.807, 2.05) is 0 Å². The molecule has 25 heavy (non-hydrogen) atoms. The Kier molecular flexibility index (Phi) is 4.08. The van der Waals surface area contributed by atoms with Gasteiger partial charge in [0.25, 0.3) is 0 Å². The van der Waals surface area contributed by atoms with E-state index in [9.17, 15) is 20.1 Å². The first-order chi connectivity index (χ1) is 11.7. The molecule has 2 aromatic carbocycles. The van der Waals surface area contributed by atoms with Gasteiger partial charge in [-0.05, 0) is 38.8 Å². The highest BCUT2D eigenvalue weighted by atomic mass is 16.5. The quantitative estimate of drug-likeness (QED) is 0.629. The van der Waals surface area contributed by atoms with Crippen LogP contribution in [0.4, 0.5) is 0 Å². The number of phenols is 2. The summed E-state index contributed by atoms with van der Waals surface area (Å²) in [6.45, 7) is 3.37. The molecule has 0 aliphatic rings. The number of phenolic OH excluding ortho intramolecular Hbond substituents is 2. The van der Waals surface area contributed by atoms with Gasteiger partial charge in [0, 0.05) is 11.6 Å². The predicted molar refractivity (Wildman–Crippen MR) is 94.5 cm³/mol. The van der Waals surface area contributed by atoms with Crippen molar-refractivity contribution < 1.29 is 24.5 Å². The van der Waals surface area contributed by atoms with E-state index >= 15 is 0 Å². The minimum Gasteiger partial charge on any atom is -0.507 e. The number of aromatic hydroxyl groups is 2. The molecule has 6 nitrogen and oxygen atoms in total. The molecule has 1 aromatic heterocycles. The summed E-state index contributed by atoms with van der Waals surface area (Å²) < 4.78 is 11.2. The number of ether oxygens (including phenoxy) is 1. The second-order valence-electron chi connectivity index (χ2n) is 6.67. The first kappa shape index (κ1) is 17.1. The maximum Gasteiger partial charge on any atom is 0.208 e. The summed E-state index contributed by atoms with van der Waals surface area (Å²) in [7, 11) is 1.46. The van der Waals surface area contributed by atoms with Crippen LogP contribution in [0.5, 0.6) is 17.2 Å². The zero-order valence-corrected chi connectivity index (χ0v) is 14.3. The normalized spacial score (nSPS) is 12.0. The van der Waals surface area contributed by atoms with Crippen LogP contribution in [-0.2, 0) is 6.42 Å². The van der Waals surface area contributed by atoms with Gasteiger partial charge in [-0.3, -0.25) is 4.79 Å². The number of hydrogen-bond acceptors (Lipinski definition) is 6. The molecule has 0 unspecified atom stereocenters. The van der Waals surface area contributed by atoms with Crippen LogP contribution in [-0.4, -0.2) is 28.0 Å². The molecule has 0 bridgehead atoms. The first-order valence-corrected chi connectivity index (χ1v) is 7.92. The molecule has 3 rings (SSSR count). The van der Waals surface area contributed by atoms with E-state index in [-0.39, 0.29) is 33.4 Å². The van der Waals surface area contributed by atoms with Gasteiger partial charge in [0.05, 0.1) is 12.7 Å². The summed E-state index contributed by atoms with van der Waals surface area (Å²) in [5.41, 5.74) is -0.428. The Morgan fingerprint density at radius 1 is 1.16 bits per heavy atom. The van der Waals surface area contributed by atoms with E-state index in [1.165, 1.54) is 19.2 Å². The van der Waals surface area contributed by atoms with Crippen molar-refractivity contribution >= 4 is 21.9 Å². The largest absolute Gasteiger partial charge is 0.507 e. The lowest BCUT2D eigenvalue weighted by Crippen LogP contribution is -2.19. The lowest BCUT2D eigenvalue weighted by atomic mass is 9.96. The number of aliphatic hydroxyl groups is 1. The topological polar surface area (TPSA) is 100 Å². The van der Waals surface area contributed by atoms with E-state index in [0.717, 1.165) is 0 Å². The summed E-state index contributed by atoms with van der Waals surface area (Å²) >= 11 is 0. The van der Waals surface area contributed by atoms with Crippen molar-refractivity contribution in [1.29, 1.82) is 0 Å². The molecule has 0 spiro atoms. The Bertz CT molecular complexity index is 1010. The Balaban J connectivity index is 2.39. The fraction of sp³-hybridized carbons (Fsp3) is 0.316. The lowest BCUT2D eigenvalue weighted by molar-refractivity contribution is 0.0713. The molecule has 0 saturated heterocycles. The highest BCUT2D eigenvalue weighted by Gasteiger charge is 2.22. The fourth-order valence-electron chi connectivity index (χ4n) is 2.91. The highest BCUT2D eigenvalue weighted by Crippen LogP contribution is 2.37.